The summed E-state index contributed by atoms with van der Waals surface area (Å²) in [6.45, 7) is 1.46. The third kappa shape index (κ3) is 4.48. The molecule has 7 heteroatoms. The fourth-order valence-corrected chi connectivity index (χ4v) is 3.26. The van der Waals surface area contributed by atoms with Crippen LogP contribution in [0.5, 0.6) is 11.5 Å². The Morgan fingerprint density at radius 2 is 1.70 bits per heavy atom. The zero-order valence-electron chi connectivity index (χ0n) is 15.8. The number of aromatic nitrogens is 2. The third-order valence-corrected chi connectivity index (χ3v) is 4.79. The first-order chi connectivity index (χ1) is 13.1. The van der Waals surface area contributed by atoms with Crippen molar-refractivity contribution in [3.8, 4) is 22.8 Å². The molecule has 2 aromatic rings. The van der Waals surface area contributed by atoms with Gasteiger partial charge in [0.1, 0.15) is 6.54 Å². The molecule has 0 spiro atoms. The number of nitrogens with zero attached hydrogens (tertiary/aromatic N) is 3. The predicted octanol–water partition coefficient (Wildman–Crippen LogP) is 2.33. The maximum atomic E-state index is 12.6. The summed E-state index contributed by atoms with van der Waals surface area (Å²) >= 11 is 0. The van der Waals surface area contributed by atoms with Crippen LogP contribution < -0.4 is 15.0 Å². The maximum Gasteiger partial charge on any atom is 0.267 e. The molecule has 0 N–H and O–H groups in total. The van der Waals surface area contributed by atoms with Crippen LogP contribution in [-0.4, -0.2) is 47.9 Å². The quantitative estimate of drug-likeness (QED) is 0.806. The van der Waals surface area contributed by atoms with Crippen molar-refractivity contribution in [2.45, 2.75) is 32.2 Å². The molecule has 1 fully saturated rings. The molecule has 3 rings (SSSR count). The molecule has 0 radical (unpaired) electrons. The molecule has 0 unspecified atom stereocenters. The lowest BCUT2D eigenvalue weighted by Crippen LogP contribution is -2.37. The Kier molecular flexibility index (Phi) is 6.11. The van der Waals surface area contributed by atoms with E-state index >= 15 is 0 Å². The van der Waals surface area contributed by atoms with E-state index in [0.717, 1.165) is 44.3 Å². The summed E-state index contributed by atoms with van der Waals surface area (Å²) in [4.78, 5) is 26.6. The molecular weight excluding hydrogens is 346 g/mol. The number of rotatable bonds is 5. The van der Waals surface area contributed by atoms with E-state index < -0.39 is 0 Å². The third-order valence-electron chi connectivity index (χ3n) is 4.79. The van der Waals surface area contributed by atoms with Gasteiger partial charge in [-0.1, -0.05) is 12.8 Å². The Hall–Kier alpha value is -2.83. The molecule has 144 valence electrons. The molecule has 1 aromatic heterocycles. The highest BCUT2D eigenvalue weighted by Gasteiger charge is 2.17. The minimum absolute atomic E-state index is 0.0417. The topological polar surface area (TPSA) is 73.7 Å². The average molecular weight is 371 g/mol. The molecule has 7 nitrogen and oxygen atoms in total. The van der Waals surface area contributed by atoms with Crippen LogP contribution in [0.4, 0.5) is 0 Å². The van der Waals surface area contributed by atoms with E-state index in [4.69, 9.17) is 9.47 Å². The van der Waals surface area contributed by atoms with E-state index in [0.29, 0.717) is 17.2 Å². The monoisotopic (exact) mass is 371 g/mol. The molecular formula is C20H25N3O4. The molecule has 1 amide bonds. The van der Waals surface area contributed by atoms with Crippen LogP contribution in [0.1, 0.15) is 25.7 Å². The van der Waals surface area contributed by atoms with E-state index in [1.807, 2.05) is 11.0 Å². The van der Waals surface area contributed by atoms with Crippen molar-refractivity contribution in [1.82, 2.24) is 14.7 Å². The van der Waals surface area contributed by atoms with E-state index in [9.17, 15) is 9.59 Å². The number of hydrogen-bond acceptors (Lipinski definition) is 5. The van der Waals surface area contributed by atoms with Crippen molar-refractivity contribution >= 4 is 5.91 Å². The zero-order valence-corrected chi connectivity index (χ0v) is 15.8. The highest BCUT2D eigenvalue weighted by atomic mass is 16.5. The number of likely N-dealkylation sites (tertiary alicyclic amines) is 1. The van der Waals surface area contributed by atoms with Crippen LogP contribution >= 0.6 is 0 Å². The van der Waals surface area contributed by atoms with Crippen LogP contribution in [0.25, 0.3) is 11.3 Å². The number of benzene rings is 1. The highest BCUT2D eigenvalue weighted by molar-refractivity contribution is 5.76. The summed E-state index contributed by atoms with van der Waals surface area (Å²) in [5, 5.41) is 4.39. The van der Waals surface area contributed by atoms with Gasteiger partial charge in [-0.25, -0.2) is 4.68 Å². The summed E-state index contributed by atoms with van der Waals surface area (Å²) in [5.74, 6) is 1.14. The van der Waals surface area contributed by atoms with E-state index in [2.05, 4.69) is 5.10 Å². The van der Waals surface area contributed by atoms with Gasteiger partial charge in [0.15, 0.2) is 11.5 Å². The average Bonchev–Trinajstić information content (AvgIpc) is 2.98. The van der Waals surface area contributed by atoms with Gasteiger partial charge in [0, 0.05) is 24.7 Å². The normalized spacial score (nSPS) is 14.5. The van der Waals surface area contributed by atoms with Gasteiger partial charge in [-0.3, -0.25) is 9.59 Å². The lowest BCUT2D eigenvalue weighted by Gasteiger charge is -2.20. The van der Waals surface area contributed by atoms with Crippen LogP contribution in [-0.2, 0) is 11.3 Å². The van der Waals surface area contributed by atoms with Gasteiger partial charge in [0.2, 0.25) is 5.91 Å². The Morgan fingerprint density at radius 3 is 2.37 bits per heavy atom. The van der Waals surface area contributed by atoms with Crippen molar-refractivity contribution in [2.24, 2.45) is 0 Å². The number of ether oxygens (including phenoxy) is 2. The SMILES string of the molecule is COc1ccc(-c2ccc(=O)n(CC(=O)N3CCCCCC3)n2)cc1OC. The predicted molar refractivity (Wildman–Crippen MR) is 102 cm³/mol. The summed E-state index contributed by atoms with van der Waals surface area (Å²) in [7, 11) is 3.14. The summed E-state index contributed by atoms with van der Waals surface area (Å²) in [5.41, 5.74) is 1.09. The lowest BCUT2D eigenvalue weighted by molar-refractivity contribution is -0.132. The Balaban J connectivity index is 1.84. The second kappa shape index (κ2) is 8.70. The number of methoxy groups -OCH3 is 2. The molecule has 1 saturated heterocycles. The van der Waals surface area contributed by atoms with Gasteiger partial charge in [-0.2, -0.15) is 5.10 Å². The molecule has 1 aliphatic rings. The molecule has 0 atom stereocenters. The maximum absolute atomic E-state index is 12.6. The van der Waals surface area contributed by atoms with Gasteiger partial charge >= 0.3 is 0 Å². The minimum atomic E-state index is -0.289. The second-order valence-corrected chi connectivity index (χ2v) is 6.58. The first-order valence-corrected chi connectivity index (χ1v) is 9.20. The first-order valence-electron chi connectivity index (χ1n) is 9.20. The van der Waals surface area contributed by atoms with Crippen molar-refractivity contribution in [2.75, 3.05) is 27.3 Å². The first kappa shape index (κ1) is 18.9. The van der Waals surface area contributed by atoms with Crippen LogP contribution in [0.2, 0.25) is 0 Å². The molecule has 0 bridgehead atoms. The van der Waals surface area contributed by atoms with E-state index in [1.165, 1.54) is 10.7 Å². The van der Waals surface area contributed by atoms with Crippen molar-refractivity contribution in [3.63, 3.8) is 0 Å². The van der Waals surface area contributed by atoms with Gasteiger partial charge in [-0.05, 0) is 37.1 Å². The fourth-order valence-electron chi connectivity index (χ4n) is 3.26. The summed E-state index contributed by atoms with van der Waals surface area (Å²) in [6, 6.07) is 8.51. The summed E-state index contributed by atoms with van der Waals surface area (Å²) in [6.07, 6.45) is 4.33. The standard InChI is InChI=1S/C20H25N3O4/c1-26-17-9-7-15(13-18(17)27-2)16-8-10-19(24)23(21-16)14-20(25)22-11-5-3-4-6-12-22/h7-10,13H,3-6,11-12,14H2,1-2H3. The molecule has 27 heavy (non-hydrogen) atoms. The van der Waals surface area contributed by atoms with Crippen LogP contribution in [0.3, 0.4) is 0 Å². The zero-order chi connectivity index (χ0) is 19.2. The lowest BCUT2D eigenvalue weighted by atomic mass is 10.1. The van der Waals surface area contributed by atoms with Crippen molar-refractivity contribution < 1.29 is 14.3 Å². The fraction of sp³-hybridized carbons (Fsp3) is 0.450. The van der Waals surface area contributed by atoms with E-state index in [-0.39, 0.29) is 18.0 Å². The molecule has 1 aliphatic heterocycles. The number of carbonyl (C=O) groups is 1. The van der Waals surface area contributed by atoms with Crippen molar-refractivity contribution in [1.29, 1.82) is 0 Å². The Morgan fingerprint density at radius 1 is 1.00 bits per heavy atom. The molecule has 1 aromatic carbocycles. The van der Waals surface area contributed by atoms with Crippen LogP contribution in [0, 0.1) is 0 Å². The smallest absolute Gasteiger partial charge is 0.267 e. The Bertz CT molecular complexity index is 855. The molecule has 2 heterocycles. The number of hydrogen-bond donors (Lipinski definition) is 0. The van der Waals surface area contributed by atoms with Gasteiger partial charge in [-0.15, -0.1) is 0 Å². The number of amides is 1. The van der Waals surface area contributed by atoms with Crippen molar-refractivity contribution in [3.05, 3.63) is 40.7 Å². The van der Waals surface area contributed by atoms with Gasteiger partial charge < -0.3 is 14.4 Å². The highest BCUT2D eigenvalue weighted by Crippen LogP contribution is 2.31. The molecule has 0 aliphatic carbocycles. The summed E-state index contributed by atoms with van der Waals surface area (Å²) < 4.78 is 11.8. The number of carbonyl (C=O) groups excluding carboxylic acids is 1. The second-order valence-electron chi connectivity index (χ2n) is 6.58. The van der Waals surface area contributed by atoms with Gasteiger partial charge in [0.25, 0.3) is 5.56 Å². The minimum Gasteiger partial charge on any atom is -0.493 e. The van der Waals surface area contributed by atoms with E-state index in [1.54, 1.807) is 32.4 Å². The van der Waals surface area contributed by atoms with Crippen LogP contribution in [0.15, 0.2) is 35.1 Å². The Labute approximate surface area is 158 Å². The largest absolute Gasteiger partial charge is 0.493 e. The molecule has 0 saturated carbocycles. The van der Waals surface area contributed by atoms with Gasteiger partial charge in [0.05, 0.1) is 19.9 Å².